The smallest absolute Gasteiger partial charge is 0.161 e. The number of rotatable bonds is 5. The molecule has 0 unspecified atom stereocenters. The molecule has 5 rings (SSSR count). The molecular weight excluding hydrogens is 360 g/mol. The van der Waals surface area contributed by atoms with Gasteiger partial charge in [-0.25, -0.2) is 0 Å². The Morgan fingerprint density at radius 3 is 2.00 bits per heavy atom. The molecule has 0 aliphatic carbocycles. The van der Waals surface area contributed by atoms with Crippen molar-refractivity contribution in [3.8, 4) is 11.5 Å². The van der Waals surface area contributed by atoms with Gasteiger partial charge in [0.1, 0.15) is 0 Å². The van der Waals surface area contributed by atoms with Crippen LogP contribution >= 0.6 is 0 Å². The summed E-state index contributed by atoms with van der Waals surface area (Å²) >= 11 is 0. The highest BCUT2D eigenvalue weighted by atomic mass is 16.5. The predicted octanol–water partition coefficient (Wildman–Crippen LogP) is 5.93. The Hall–Kier alpha value is -3.66. The van der Waals surface area contributed by atoms with Gasteiger partial charge in [0.25, 0.3) is 0 Å². The summed E-state index contributed by atoms with van der Waals surface area (Å²) in [5, 5.41) is 12.6. The van der Waals surface area contributed by atoms with E-state index in [1.165, 1.54) is 21.9 Å². The highest BCUT2D eigenvalue weighted by Crippen LogP contribution is 2.41. The van der Waals surface area contributed by atoms with E-state index in [0.717, 1.165) is 16.6 Å². The van der Waals surface area contributed by atoms with E-state index in [4.69, 9.17) is 4.74 Å². The SMILES string of the molecule is CCOc1cc(C(c2c[nH]c3ccccc23)c2c[nH]c3ccccc23)ccc1O. The van der Waals surface area contributed by atoms with Crippen LogP contribution in [0.4, 0.5) is 0 Å². The van der Waals surface area contributed by atoms with Crippen LogP contribution in [-0.4, -0.2) is 21.7 Å². The quantitative estimate of drug-likeness (QED) is 0.353. The summed E-state index contributed by atoms with van der Waals surface area (Å²) in [5.41, 5.74) is 5.67. The second kappa shape index (κ2) is 7.06. The molecule has 3 aromatic carbocycles. The Bertz CT molecular complexity index is 1220. The fourth-order valence-corrected chi connectivity index (χ4v) is 4.17. The lowest BCUT2D eigenvalue weighted by molar-refractivity contribution is 0.317. The monoisotopic (exact) mass is 382 g/mol. The number of aromatic amines is 2. The van der Waals surface area contributed by atoms with Crippen LogP contribution in [0.25, 0.3) is 21.8 Å². The van der Waals surface area contributed by atoms with Crippen LogP contribution in [0, 0.1) is 0 Å². The molecule has 0 saturated heterocycles. The van der Waals surface area contributed by atoms with Crippen molar-refractivity contribution >= 4 is 21.8 Å². The first-order valence-corrected chi connectivity index (χ1v) is 9.84. The van der Waals surface area contributed by atoms with Crippen molar-refractivity contribution < 1.29 is 9.84 Å². The minimum absolute atomic E-state index is 0.0119. The third kappa shape index (κ3) is 2.93. The first kappa shape index (κ1) is 17.4. The van der Waals surface area contributed by atoms with Crippen LogP contribution in [0.3, 0.4) is 0 Å². The molecular formula is C25H22N2O2. The van der Waals surface area contributed by atoms with Crippen molar-refractivity contribution in [3.63, 3.8) is 0 Å². The molecule has 29 heavy (non-hydrogen) atoms. The van der Waals surface area contributed by atoms with Gasteiger partial charge in [-0.3, -0.25) is 0 Å². The lowest BCUT2D eigenvalue weighted by Crippen LogP contribution is -2.03. The highest BCUT2D eigenvalue weighted by Gasteiger charge is 2.24. The zero-order valence-electron chi connectivity index (χ0n) is 16.1. The number of phenols is 1. The molecule has 3 N–H and O–H groups in total. The van der Waals surface area contributed by atoms with Crippen LogP contribution < -0.4 is 4.74 Å². The highest BCUT2D eigenvalue weighted by molar-refractivity contribution is 5.89. The molecule has 4 heteroatoms. The Balaban J connectivity index is 1.77. The number of nitrogens with one attached hydrogen (secondary N) is 2. The number of ether oxygens (including phenoxy) is 1. The van der Waals surface area contributed by atoms with Crippen molar-refractivity contribution in [3.05, 3.63) is 95.8 Å². The third-order valence-corrected chi connectivity index (χ3v) is 5.48. The van der Waals surface area contributed by atoms with Gasteiger partial charge in [0.05, 0.1) is 6.61 Å². The van der Waals surface area contributed by atoms with E-state index in [1.54, 1.807) is 6.07 Å². The minimum Gasteiger partial charge on any atom is -0.504 e. The molecule has 2 heterocycles. The molecule has 0 saturated carbocycles. The molecule has 0 atom stereocenters. The summed E-state index contributed by atoms with van der Waals surface area (Å²) in [7, 11) is 0. The van der Waals surface area contributed by atoms with Gasteiger partial charge < -0.3 is 19.8 Å². The van der Waals surface area contributed by atoms with Crippen molar-refractivity contribution in [2.45, 2.75) is 12.8 Å². The van der Waals surface area contributed by atoms with Crippen molar-refractivity contribution in [2.24, 2.45) is 0 Å². The largest absolute Gasteiger partial charge is 0.504 e. The zero-order chi connectivity index (χ0) is 19.8. The summed E-state index contributed by atoms with van der Waals surface area (Å²) in [6.45, 7) is 2.42. The first-order valence-electron chi connectivity index (χ1n) is 9.84. The van der Waals surface area contributed by atoms with Crippen molar-refractivity contribution in [1.29, 1.82) is 0 Å². The Kier molecular flexibility index (Phi) is 4.24. The number of aromatic hydroxyl groups is 1. The Labute approximate surface area is 168 Å². The second-order valence-electron chi connectivity index (χ2n) is 7.17. The zero-order valence-corrected chi connectivity index (χ0v) is 16.1. The predicted molar refractivity (Wildman–Crippen MR) is 117 cm³/mol. The van der Waals surface area contributed by atoms with Gasteiger partial charge in [0, 0.05) is 40.1 Å². The average molecular weight is 382 g/mol. The van der Waals surface area contributed by atoms with Gasteiger partial charge in [-0.15, -0.1) is 0 Å². The van der Waals surface area contributed by atoms with Crippen LogP contribution in [0.2, 0.25) is 0 Å². The number of phenolic OH excluding ortho intramolecular Hbond substituents is 1. The van der Waals surface area contributed by atoms with Crippen LogP contribution in [0.5, 0.6) is 11.5 Å². The molecule has 0 amide bonds. The second-order valence-corrected chi connectivity index (χ2v) is 7.17. The van der Waals surface area contributed by atoms with Crippen LogP contribution in [0.1, 0.15) is 29.5 Å². The maximum atomic E-state index is 10.2. The van der Waals surface area contributed by atoms with Gasteiger partial charge in [0.15, 0.2) is 11.5 Å². The van der Waals surface area contributed by atoms with Gasteiger partial charge in [-0.1, -0.05) is 42.5 Å². The molecule has 144 valence electrons. The molecule has 0 aliphatic rings. The van der Waals surface area contributed by atoms with E-state index < -0.39 is 0 Å². The molecule has 5 aromatic rings. The molecule has 0 aliphatic heterocycles. The summed E-state index contributed by atoms with van der Waals surface area (Å²) < 4.78 is 5.67. The van der Waals surface area contributed by atoms with Crippen LogP contribution in [0.15, 0.2) is 79.1 Å². The van der Waals surface area contributed by atoms with Crippen molar-refractivity contribution in [2.75, 3.05) is 6.61 Å². The van der Waals surface area contributed by atoms with E-state index in [-0.39, 0.29) is 11.7 Å². The summed E-state index contributed by atoms with van der Waals surface area (Å²) in [5.74, 6) is 0.656. The first-order chi connectivity index (χ1) is 14.3. The molecule has 2 aromatic heterocycles. The number of benzene rings is 3. The van der Waals surface area contributed by atoms with Crippen molar-refractivity contribution in [1.82, 2.24) is 9.97 Å². The summed E-state index contributed by atoms with van der Waals surface area (Å²) in [6, 6.07) is 22.3. The minimum atomic E-state index is -0.0119. The molecule has 0 spiro atoms. The number of fused-ring (bicyclic) bond motifs is 2. The summed E-state index contributed by atoms with van der Waals surface area (Å²) in [4.78, 5) is 6.82. The van der Waals surface area contributed by atoms with E-state index in [2.05, 4.69) is 58.8 Å². The van der Waals surface area contributed by atoms with Gasteiger partial charge in [-0.05, 0) is 47.9 Å². The van der Waals surface area contributed by atoms with Gasteiger partial charge >= 0.3 is 0 Å². The maximum Gasteiger partial charge on any atom is 0.161 e. The third-order valence-electron chi connectivity index (χ3n) is 5.48. The van der Waals surface area contributed by atoms with Crippen LogP contribution in [-0.2, 0) is 0 Å². The normalized spacial score (nSPS) is 11.5. The van der Waals surface area contributed by atoms with Gasteiger partial charge in [0.2, 0.25) is 0 Å². The standard InChI is InChI=1S/C25H22N2O2/c1-2-29-24-13-16(11-12-23(24)28)25(19-14-26-21-9-5-3-7-17(19)21)20-15-27-22-10-6-4-8-18(20)22/h3-15,25-28H,2H2,1H3. The topological polar surface area (TPSA) is 61.0 Å². The Morgan fingerprint density at radius 2 is 1.41 bits per heavy atom. The maximum absolute atomic E-state index is 10.2. The number of aromatic nitrogens is 2. The van der Waals surface area contributed by atoms with E-state index >= 15 is 0 Å². The average Bonchev–Trinajstić information content (AvgIpc) is 3.36. The molecule has 0 fully saturated rings. The van der Waals surface area contributed by atoms with E-state index in [9.17, 15) is 5.11 Å². The fraction of sp³-hybridized carbons (Fsp3) is 0.120. The number of para-hydroxylation sites is 2. The number of hydrogen-bond acceptors (Lipinski definition) is 2. The van der Waals surface area contributed by atoms with E-state index in [1.807, 2.05) is 31.2 Å². The lowest BCUT2D eigenvalue weighted by atomic mass is 9.84. The molecule has 0 radical (unpaired) electrons. The Morgan fingerprint density at radius 1 is 0.828 bits per heavy atom. The number of H-pyrrole nitrogens is 2. The van der Waals surface area contributed by atoms with E-state index in [0.29, 0.717) is 12.4 Å². The molecule has 0 bridgehead atoms. The van der Waals surface area contributed by atoms with Gasteiger partial charge in [-0.2, -0.15) is 0 Å². The summed E-state index contributed by atoms with van der Waals surface area (Å²) in [6.07, 6.45) is 4.18. The number of hydrogen-bond donors (Lipinski definition) is 3. The fourth-order valence-electron chi connectivity index (χ4n) is 4.17. The lowest BCUT2D eigenvalue weighted by Gasteiger charge is -2.19. The molecule has 4 nitrogen and oxygen atoms in total.